The van der Waals surface area contributed by atoms with E-state index in [1.807, 2.05) is 25.6 Å². The highest BCUT2D eigenvalue weighted by atomic mass is 32.2. The van der Waals surface area contributed by atoms with Crippen LogP contribution in [0.3, 0.4) is 0 Å². The summed E-state index contributed by atoms with van der Waals surface area (Å²) in [6, 6.07) is 0. The molecule has 0 heterocycles. The van der Waals surface area contributed by atoms with Crippen molar-refractivity contribution in [2.24, 2.45) is 17.6 Å². The number of rotatable bonds is 8. The lowest BCUT2D eigenvalue weighted by molar-refractivity contribution is -0.123. The maximum Gasteiger partial charge on any atom is 0.230 e. The van der Waals surface area contributed by atoms with Gasteiger partial charge in [-0.15, -0.1) is 0 Å². The minimum absolute atomic E-state index is 0.0355. The van der Waals surface area contributed by atoms with Gasteiger partial charge in [-0.05, 0) is 30.8 Å². The Morgan fingerprint density at radius 3 is 2.50 bits per heavy atom. The van der Waals surface area contributed by atoms with E-state index in [1.165, 1.54) is 0 Å². The molecule has 3 N–H and O–H groups in total. The molecule has 94 valence electrons. The highest BCUT2D eigenvalue weighted by Gasteiger charge is 2.24. The van der Waals surface area contributed by atoms with Crippen molar-refractivity contribution < 1.29 is 4.79 Å². The average Bonchev–Trinajstić information content (AvgIpc) is 2.16. The standard InChI is InChI=1S/C11H22N2OS2/c1-8(2)9(10(12)15)11(14)13-6-4-5-7-16-3/h8-9H,4-7H2,1-3H3,(H2,12,15)(H,13,14). The molecule has 3 nitrogen and oxygen atoms in total. The maximum absolute atomic E-state index is 11.8. The van der Waals surface area contributed by atoms with Crippen molar-refractivity contribution in [1.29, 1.82) is 0 Å². The second kappa shape index (κ2) is 8.82. The van der Waals surface area contributed by atoms with E-state index in [9.17, 15) is 4.79 Å². The lowest BCUT2D eigenvalue weighted by Crippen LogP contribution is -2.41. The van der Waals surface area contributed by atoms with Gasteiger partial charge in [-0.25, -0.2) is 0 Å². The summed E-state index contributed by atoms with van der Waals surface area (Å²) >= 11 is 6.73. The molecule has 0 fully saturated rings. The molecule has 0 aliphatic heterocycles. The molecular weight excluding hydrogens is 240 g/mol. The molecule has 1 atom stereocenters. The summed E-state index contributed by atoms with van der Waals surface area (Å²) in [6.45, 7) is 4.62. The Labute approximate surface area is 108 Å². The average molecular weight is 262 g/mol. The van der Waals surface area contributed by atoms with Gasteiger partial charge in [0.2, 0.25) is 5.91 Å². The fourth-order valence-corrected chi connectivity index (χ4v) is 2.33. The first-order chi connectivity index (χ1) is 7.50. The van der Waals surface area contributed by atoms with Crippen LogP contribution in [0.15, 0.2) is 0 Å². The Morgan fingerprint density at radius 2 is 2.06 bits per heavy atom. The van der Waals surface area contributed by atoms with Crippen molar-refractivity contribution in [3.8, 4) is 0 Å². The molecule has 0 rings (SSSR count). The second-order valence-electron chi connectivity index (χ2n) is 4.11. The Bertz CT molecular complexity index is 232. The minimum Gasteiger partial charge on any atom is -0.393 e. The number of nitrogens with one attached hydrogen (secondary N) is 1. The van der Waals surface area contributed by atoms with E-state index in [2.05, 4.69) is 11.6 Å². The quantitative estimate of drug-likeness (QED) is 0.517. The highest BCUT2D eigenvalue weighted by Crippen LogP contribution is 2.11. The zero-order valence-corrected chi connectivity index (χ0v) is 11.9. The lowest BCUT2D eigenvalue weighted by atomic mass is 9.95. The molecule has 0 aromatic heterocycles. The van der Waals surface area contributed by atoms with Gasteiger partial charge < -0.3 is 11.1 Å². The molecule has 0 saturated heterocycles. The fourth-order valence-electron chi connectivity index (χ4n) is 1.45. The lowest BCUT2D eigenvalue weighted by Gasteiger charge is -2.18. The third-order valence-electron chi connectivity index (χ3n) is 2.33. The van der Waals surface area contributed by atoms with Crippen molar-refractivity contribution in [2.75, 3.05) is 18.6 Å². The van der Waals surface area contributed by atoms with Crippen molar-refractivity contribution >= 4 is 34.9 Å². The SMILES string of the molecule is CSCCCCNC(=O)C(C(N)=S)C(C)C. The van der Waals surface area contributed by atoms with Crippen LogP contribution in [0.5, 0.6) is 0 Å². The van der Waals surface area contributed by atoms with Crippen LogP contribution in [0.25, 0.3) is 0 Å². The van der Waals surface area contributed by atoms with Gasteiger partial charge in [0.25, 0.3) is 0 Å². The summed E-state index contributed by atoms with van der Waals surface area (Å²) in [6.07, 6.45) is 4.22. The summed E-state index contributed by atoms with van der Waals surface area (Å²) in [7, 11) is 0. The number of nitrogens with two attached hydrogens (primary N) is 1. The second-order valence-corrected chi connectivity index (χ2v) is 5.57. The first-order valence-corrected chi connectivity index (χ1v) is 7.36. The third-order valence-corrected chi connectivity index (χ3v) is 3.28. The predicted molar refractivity (Wildman–Crippen MR) is 75.7 cm³/mol. The van der Waals surface area contributed by atoms with Crippen LogP contribution in [0.2, 0.25) is 0 Å². The molecule has 0 aliphatic carbocycles. The molecular formula is C11H22N2OS2. The van der Waals surface area contributed by atoms with Crippen molar-refractivity contribution in [3.05, 3.63) is 0 Å². The summed E-state index contributed by atoms with van der Waals surface area (Å²) < 4.78 is 0. The molecule has 0 radical (unpaired) electrons. The zero-order chi connectivity index (χ0) is 12.6. The smallest absolute Gasteiger partial charge is 0.230 e. The first-order valence-electron chi connectivity index (χ1n) is 5.56. The molecule has 0 aliphatic rings. The van der Waals surface area contributed by atoms with Crippen molar-refractivity contribution in [3.63, 3.8) is 0 Å². The third kappa shape index (κ3) is 6.33. The largest absolute Gasteiger partial charge is 0.393 e. The molecule has 16 heavy (non-hydrogen) atoms. The van der Waals surface area contributed by atoms with Gasteiger partial charge in [0.15, 0.2) is 0 Å². The van der Waals surface area contributed by atoms with Crippen LogP contribution in [-0.2, 0) is 4.79 Å². The molecule has 0 saturated carbocycles. The molecule has 0 bridgehead atoms. The Morgan fingerprint density at radius 1 is 1.44 bits per heavy atom. The van der Waals surface area contributed by atoms with Gasteiger partial charge in [-0.1, -0.05) is 26.1 Å². The topological polar surface area (TPSA) is 55.1 Å². The molecule has 0 aromatic carbocycles. The number of carbonyl (C=O) groups excluding carboxylic acids is 1. The maximum atomic E-state index is 11.8. The Balaban J connectivity index is 3.89. The van der Waals surface area contributed by atoms with Gasteiger partial charge in [0.05, 0.1) is 10.9 Å². The van der Waals surface area contributed by atoms with Crippen LogP contribution >= 0.6 is 24.0 Å². The molecule has 1 unspecified atom stereocenters. The molecule has 0 aromatic rings. The first kappa shape index (κ1) is 15.7. The van der Waals surface area contributed by atoms with Gasteiger partial charge in [-0.3, -0.25) is 4.79 Å². The number of unbranched alkanes of at least 4 members (excludes halogenated alkanes) is 1. The van der Waals surface area contributed by atoms with E-state index >= 15 is 0 Å². The monoisotopic (exact) mass is 262 g/mol. The van der Waals surface area contributed by atoms with E-state index in [0.29, 0.717) is 6.54 Å². The normalized spacial score (nSPS) is 12.5. The van der Waals surface area contributed by atoms with Gasteiger partial charge in [0.1, 0.15) is 0 Å². The van der Waals surface area contributed by atoms with E-state index < -0.39 is 0 Å². The van der Waals surface area contributed by atoms with E-state index in [1.54, 1.807) is 0 Å². The van der Waals surface area contributed by atoms with E-state index in [4.69, 9.17) is 18.0 Å². The van der Waals surface area contributed by atoms with Crippen LogP contribution in [0.1, 0.15) is 26.7 Å². The zero-order valence-electron chi connectivity index (χ0n) is 10.3. The minimum atomic E-state index is -0.337. The summed E-state index contributed by atoms with van der Waals surface area (Å²) in [5.74, 6) is 0.921. The van der Waals surface area contributed by atoms with Crippen LogP contribution in [-0.4, -0.2) is 29.4 Å². The summed E-state index contributed by atoms with van der Waals surface area (Å²) in [5.41, 5.74) is 5.56. The molecule has 0 spiro atoms. The van der Waals surface area contributed by atoms with Gasteiger partial charge in [0, 0.05) is 6.54 Å². The Kier molecular flexibility index (Phi) is 8.66. The number of amides is 1. The number of carbonyl (C=O) groups is 1. The number of hydrogen-bond acceptors (Lipinski definition) is 3. The highest BCUT2D eigenvalue weighted by molar-refractivity contribution is 7.98. The number of thioether (sulfide) groups is 1. The predicted octanol–water partition coefficient (Wildman–Crippen LogP) is 1.80. The Hall–Kier alpha value is -0.290. The number of thiocarbonyl (C=S) groups is 1. The van der Waals surface area contributed by atoms with Crippen molar-refractivity contribution in [2.45, 2.75) is 26.7 Å². The van der Waals surface area contributed by atoms with Crippen molar-refractivity contribution in [1.82, 2.24) is 5.32 Å². The van der Waals surface area contributed by atoms with Gasteiger partial charge >= 0.3 is 0 Å². The fraction of sp³-hybridized carbons (Fsp3) is 0.818. The van der Waals surface area contributed by atoms with Crippen LogP contribution < -0.4 is 11.1 Å². The van der Waals surface area contributed by atoms with Crippen LogP contribution in [0, 0.1) is 11.8 Å². The number of hydrogen-bond donors (Lipinski definition) is 2. The van der Waals surface area contributed by atoms with E-state index in [-0.39, 0.29) is 22.7 Å². The van der Waals surface area contributed by atoms with E-state index in [0.717, 1.165) is 18.6 Å². The summed E-state index contributed by atoms with van der Waals surface area (Å²) in [5, 5.41) is 2.89. The molecule has 1 amide bonds. The molecule has 5 heteroatoms. The van der Waals surface area contributed by atoms with Gasteiger partial charge in [-0.2, -0.15) is 11.8 Å². The van der Waals surface area contributed by atoms with Crippen LogP contribution in [0.4, 0.5) is 0 Å². The summed E-state index contributed by atoms with van der Waals surface area (Å²) in [4.78, 5) is 12.1.